The molecule has 1 N–H and O–H groups in total. The van der Waals surface area contributed by atoms with Gasteiger partial charge in [-0.1, -0.05) is 6.92 Å². The van der Waals surface area contributed by atoms with Crippen LogP contribution in [0.5, 0.6) is 5.75 Å². The minimum absolute atomic E-state index is 0.129. The maximum Gasteiger partial charge on any atom is 0.257 e. The van der Waals surface area contributed by atoms with Crippen molar-refractivity contribution in [1.82, 2.24) is 9.55 Å². The molecule has 1 amide bonds. The zero-order valence-electron chi connectivity index (χ0n) is 14.2. The Bertz CT molecular complexity index is 883. The number of anilines is 1. The summed E-state index contributed by atoms with van der Waals surface area (Å²) >= 11 is 0. The number of methoxy groups -OCH3 is 1. The van der Waals surface area contributed by atoms with Crippen molar-refractivity contribution in [3.05, 3.63) is 53.9 Å². The third-order valence-corrected chi connectivity index (χ3v) is 4.02. The van der Waals surface area contributed by atoms with Crippen molar-refractivity contribution in [1.29, 1.82) is 0 Å². The van der Waals surface area contributed by atoms with Crippen LogP contribution in [0.2, 0.25) is 0 Å². The molecule has 24 heavy (non-hydrogen) atoms. The van der Waals surface area contributed by atoms with Gasteiger partial charge in [-0.3, -0.25) is 4.79 Å². The molecule has 0 fully saturated rings. The van der Waals surface area contributed by atoms with Crippen LogP contribution in [0, 0.1) is 6.92 Å². The van der Waals surface area contributed by atoms with E-state index in [1.54, 1.807) is 13.3 Å². The van der Waals surface area contributed by atoms with Gasteiger partial charge in [0.1, 0.15) is 11.4 Å². The maximum absolute atomic E-state index is 12.8. The fourth-order valence-electron chi connectivity index (χ4n) is 2.81. The van der Waals surface area contributed by atoms with E-state index in [2.05, 4.69) is 17.2 Å². The second-order valence-corrected chi connectivity index (χ2v) is 5.75. The Hall–Kier alpha value is -2.82. The molecule has 0 aliphatic carbocycles. The second-order valence-electron chi connectivity index (χ2n) is 5.75. The quantitative estimate of drug-likeness (QED) is 0.771. The molecule has 0 aliphatic heterocycles. The molecular formula is C19H21N3O2. The van der Waals surface area contributed by atoms with E-state index in [0.717, 1.165) is 41.0 Å². The highest BCUT2D eigenvalue weighted by atomic mass is 16.5. The Morgan fingerprint density at radius 3 is 2.88 bits per heavy atom. The van der Waals surface area contributed by atoms with Crippen LogP contribution in [0.25, 0.3) is 11.0 Å². The second kappa shape index (κ2) is 6.74. The summed E-state index contributed by atoms with van der Waals surface area (Å²) in [6.07, 6.45) is 4.62. The summed E-state index contributed by atoms with van der Waals surface area (Å²) in [6.45, 7) is 4.89. The first-order valence-corrected chi connectivity index (χ1v) is 8.04. The molecule has 0 saturated heterocycles. The molecule has 0 atom stereocenters. The minimum atomic E-state index is -0.129. The van der Waals surface area contributed by atoms with Gasteiger partial charge in [0.2, 0.25) is 0 Å². The van der Waals surface area contributed by atoms with E-state index in [1.807, 2.05) is 48.0 Å². The lowest BCUT2D eigenvalue weighted by Crippen LogP contribution is -2.12. The number of carbonyl (C=O) groups is 1. The molecule has 0 radical (unpaired) electrons. The smallest absolute Gasteiger partial charge is 0.257 e. The molecule has 124 valence electrons. The summed E-state index contributed by atoms with van der Waals surface area (Å²) < 4.78 is 7.24. The summed E-state index contributed by atoms with van der Waals surface area (Å²) in [6, 6.07) is 9.38. The summed E-state index contributed by atoms with van der Waals surface area (Å²) in [5.74, 6) is 0.644. The number of ether oxygens (including phenoxy) is 1. The Morgan fingerprint density at radius 2 is 2.17 bits per heavy atom. The van der Waals surface area contributed by atoms with Gasteiger partial charge in [0.15, 0.2) is 0 Å². The van der Waals surface area contributed by atoms with Crippen LogP contribution in [-0.4, -0.2) is 22.6 Å². The van der Waals surface area contributed by atoms with E-state index in [4.69, 9.17) is 4.74 Å². The van der Waals surface area contributed by atoms with E-state index in [9.17, 15) is 4.79 Å². The van der Waals surface area contributed by atoms with Crippen molar-refractivity contribution < 1.29 is 9.53 Å². The summed E-state index contributed by atoms with van der Waals surface area (Å²) in [4.78, 5) is 17.2. The Morgan fingerprint density at radius 1 is 1.33 bits per heavy atom. The van der Waals surface area contributed by atoms with Crippen LogP contribution >= 0.6 is 0 Å². The van der Waals surface area contributed by atoms with Crippen molar-refractivity contribution in [2.24, 2.45) is 0 Å². The van der Waals surface area contributed by atoms with Gasteiger partial charge in [0.25, 0.3) is 5.91 Å². The maximum atomic E-state index is 12.8. The van der Waals surface area contributed by atoms with Crippen LogP contribution in [0.3, 0.4) is 0 Å². The number of carbonyl (C=O) groups excluding carboxylic acids is 1. The van der Waals surface area contributed by atoms with Crippen molar-refractivity contribution >= 4 is 22.6 Å². The lowest BCUT2D eigenvalue weighted by Gasteiger charge is -2.09. The van der Waals surface area contributed by atoms with E-state index in [1.165, 1.54) is 0 Å². The number of hydrogen-bond acceptors (Lipinski definition) is 3. The lowest BCUT2D eigenvalue weighted by atomic mass is 10.1. The third-order valence-electron chi connectivity index (χ3n) is 4.02. The largest absolute Gasteiger partial charge is 0.497 e. The predicted octanol–water partition coefficient (Wildman–Crippen LogP) is 4.02. The first-order valence-electron chi connectivity index (χ1n) is 8.04. The SMILES string of the molecule is CCCn1cc(C(=O)Nc2ccc(OC)cc2C)c2cccnc21. The first kappa shape index (κ1) is 16.1. The van der Waals surface area contributed by atoms with Gasteiger partial charge in [0.05, 0.1) is 12.7 Å². The normalized spacial score (nSPS) is 10.8. The van der Waals surface area contributed by atoms with Crippen LogP contribution < -0.4 is 10.1 Å². The highest BCUT2D eigenvalue weighted by Crippen LogP contribution is 2.24. The minimum Gasteiger partial charge on any atom is -0.497 e. The Kier molecular flexibility index (Phi) is 4.51. The molecular weight excluding hydrogens is 302 g/mol. The number of aromatic nitrogens is 2. The molecule has 1 aromatic carbocycles. The van der Waals surface area contributed by atoms with Crippen LogP contribution in [0.4, 0.5) is 5.69 Å². The highest BCUT2D eigenvalue weighted by molar-refractivity contribution is 6.12. The molecule has 2 aromatic heterocycles. The topological polar surface area (TPSA) is 56.2 Å². The van der Waals surface area contributed by atoms with E-state index < -0.39 is 0 Å². The number of benzene rings is 1. The van der Waals surface area contributed by atoms with Crippen LogP contribution in [0.1, 0.15) is 29.3 Å². The van der Waals surface area contributed by atoms with Gasteiger partial charge in [-0.05, 0) is 49.2 Å². The predicted molar refractivity (Wildman–Crippen MR) is 95.7 cm³/mol. The number of rotatable bonds is 5. The zero-order chi connectivity index (χ0) is 17.1. The monoisotopic (exact) mass is 323 g/mol. The van der Waals surface area contributed by atoms with Gasteiger partial charge < -0.3 is 14.6 Å². The molecule has 0 unspecified atom stereocenters. The summed E-state index contributed by atoms with van der Waals surface area (Å²) in [5, 5.41) is 3.86. The molecule has 3 aromatic rings. The van der Waals surface area contributed by atoms with Crippen LogP contribution in [0.15, 0.2) is 42.7 Å². The number of aryl methyl sites for hydroxylation is 2. The molecule has 0 aliphatic rings. The standard InChI is InChI=1S/C19H21N3O2/c1-4-10-22-12-16(15-6-5-9-20-18(15)22)19(23)21-17-8-7-14(24-3)11-13(17)2/h5-9,11-12H,4,10H2,1-3H3,(H,21,23). The third kappa shape index (κ3) is 2.97. The average molecular weight is 323 g/mol. The highest BCUT2D eigenvalue weighted by Gasteiger charge is 2.16. The number of fused-ring (bicyclic) bond motifs is 1. The fourth-order valence-corrected chi connectivity index (χ4v) is 2.81. The van der Waals surface area contributed by atoms with Gasteiger partial charge in [-0.15, -0.1) is 0 Å². The molecule has 2 heterocycles. The Balaban J connectivity index is 1.94. The molecule has 0 spiro atoms. The fraction of sp³-hybridized carbons (Fsp3) is 0.263. The number of nitrogens with zero attached hydrogens (tertiary/aromatic N) is 2. The van der Waals surface area contributed by atoms with Crippen LogP contribution in [-0.2, 0) is 6.54 Å². The number of hydrogen-bond donors (Lipinski definition) is 1. The van der Waals surface area contributed by atoms with Crippen molar-refractivity contribution in [2.75, 3.05) is 12.4 Å². The van der Waals surface area contributed by atoms with Crippen molar-refractivity contribution in [3.63, 3.8) is 0 Å². The molecule has 3 rings (SSSR count). The lowest BCUT2D eigenvalue weighted by molar-refractivity contribution is 0.102. The molecule has 5 heteroatoms. The van der Waals surface area contributed by atoms with Crippen molar-refractivity contribution in [3.8, 4) is 5.75 Å². The van der Waals surface area contributed by atoms with Crippen molar-refractivity contribution in [2.45, 2.75) is 26.8 Å². The van der Waals surface area contributed by atoms with E-state index in [0.29, 0.717) is 5.56 Å². The van der Waals surface area contributed by atoms with Gasteiger partial charge in [0, 0.05) is 30.0 Å². The molecule has 5 nitrogen and oxygen atoms in total. The summed E-state index contributed by atoms with van der Waals surface area (Å²) in [7, 11) is 1.63. The van der Waals surface area contributed by atoms with E-state index >= 15 is 0 Å². The van der Waals surface area contributed by atoms with E-state index in [-0.39, 0.29) is 5.91 Å². The Labute approximate surface area is 141 Å². The molecule has 0 bridgehead atoms. The molecule has 0 saturated carbocycles. The van der Waals surface area contributed by atoms with Gasteiger partial charge in [-0.25, -0.2) is 4.98 Å². The zero-order valence-corrected chi connectivity index (χ0v) is 14.2. The van der Waals surface area contributed by atoms with Gasteiger partial charge >= 0.3 is 0 Å². The first-order chi connectivity index (χ1) is 11.6. The average Bonchev–Trinajstić information content (AvgIpc) is 2.96. The number of amides is 1. The van der Waals surface area contributed by atoms with Gasteiger partial charge in [-0.2, -0.15) is 0 Å². The number of nitrogens with one attached hydrogen (secondary N) is 1. The number of pyridine rings is 1. The summed E-state index contributed by atoms with van der Waals surface area (Å²) in [5.41, 5.74) is 3.22.